The molecule has 0 saturated carbocycles. The minimum atomic E-state index is 0.0715. The molecule has 1 N–H and O–H groups in total. The molecule has 1 aromatic heterocycles. The normalized spacial score (nSPS) is 25.5. The van der Waals surface area contributed by atoms with E-state index in [1.807, 2.05) is 11.3 Å². The molecule has 1 unspecified atom stereocenters. The Morgan fingerprint density at radius 3 is 2.56 bits per heavy atom. The lowest BCUT2D eigenvalue weighted by Gasteiger charge is -2.28. The molecule has 2 heterocycles. The number of rotatable bonds is 4. The average Bonchev–Trinajstić information content (AvgIpc) is 2.96. The van der Waals surface area contributed by atoms with Crippen LogP contribution in [-0.4, -0.2) is 36.1 Å². The van der Waals surface area contributed by atoms with Gasteiger partial charge in [-0.05, 0) is 33.2 Å². The maximum Gasteiger partial charge on any atom is 0.114 e. The van der Waals surface area contributed by atoms with Gasteiger partial charge in [0.15, 0.2) is 0 Å². The van der Waals surface area contributed by atoms with E-state index in [9.17, 15) is 0 Å². The maximum atomic E-state index is 4.86. The van der Waals surface area contributed by atoms with Crippen LogP contribution in [0.15, 0.2) is 5.38 Å². The van der Waals surface area contributed by atoms with E-state index < -0.39 is 0 Å². The molecule has 4 heteroatoms. The highest BCUT2D eigenvalue weighted by molar-refractivity contribution is 7.09. The van der Waals surface area contributed by atoms with Crippen LogP contribution in [0.4, 0.5) is 0 Å². The third kappa shape index (κ3) is 2.46. The van der Waals surface area contributed by atoms with E-state index in [0.29, 0.717) is 12.0 Å². The summed E-state index contributed by atoms with van der Waals surface area (Å²) >= 11 is 1.81. The first-order valence-electron chi connectivity index (χ1n) is 6.87. The summed E-state index contributed by atoms with van der Waals surface area (Å²) in [5, 5.41) is 7.02. The predicted octanol–water partition coefficient (Wildman–Crippen LogP) is 2.80. The van der Waals surface area contributed by atoms with Crippen molar-refractivity contribution in [3.05, 3.63) is 16.1 Å². The Bertz CT molecular complexity index is 399. The summed E-state index contributed by atoms with van der Waals surface area (Å²) in [5.74, 6) is 0.520. The second kappa shape index (κ2) is 5.27. The van der Waals surface area contributed by atoms with Gasteiger partial charge in [0.2, 0.25) is 0 Å². The number of hydrogen-bond donors (Lipinski definition) is 1. The van der Waals surface area contributed by atoms with Gasteiger partial charge in [-0.15, -0.1) is 11.3 Å². The molecule has 102 valence electrons. The van der Waals surface area contributed by atoms with Crippen LogP contribution < -0.4 is 5.32 Å². The third-order valence-electron chi connectivity index (χ3n) is 4.03. The summed E-state index contributed by atoms with van der Waals surface area (Å²) in [6, 6.07) is 0.616. The van der Waals surface area contributed by atoms with E-state index in [-0.39, 0.29) is 5.54 Å². The van der Waals surface area contributed by atoms with E-state index in [1.54, 1.807) is 0 Å². The first-order chi connectivity index (χ1) is 8.48. The topological polar surface area (TPSA) is 28.2 Å². The molecular formula is C14H25N3S. The van der Waals surface area contributed by atoms with Crippen LogP contribution in [-0.2, 0) is 5.54 Å². The highest BCUT2D eigenvalue weighted by Crippen LogP contribution is 2.35. The first kappa shape index (κ1) is 14.0. The number of nitrogens with zero attached hydrogens (tertiary/aromatic N) is 2. The SMILES string of the molecule is CNC1(c2nc(C(C)C)cs2)CCN(C(C)C)C1. The summed E-state index contributed by atoms with van der Waals surface area (Å²) in [6.07, 6.45) is 1.16. The van der Waals surface area contributed by atoms with Gasteiger partial charge >= 0.3 is 0 Å². The summed E-state index contributed by atoms with van der Waals surface area (Å²) < 4.78 is 0. The summed E-state index contributed by atoms with van der Waals surface area (Å²) in [5.41, 5.74) is 1.30. The van der Waals surface area contributed by atoms with E-state index >= 15 is 0 Å². The maximum absolute atomic E-state index is 4.86. The molecule has 0 aliphatic carbocycles. The number of hydrogen-bond acceptors (Lipinski definition) is 4. The van der Waals surface area contributed by atoms with Crippen molar-refractivity contribution >= 4 is 11.3 Å². The number of likely N-dealkylation sites (N-methyl/N-ethyl adjacent to an activating group) is 1. The van der Waals surface area contributed by atoms with Gasteiger partial charge in [-0.25, -0.2) is 4.98 Å². The molecule has 0 spiro atoms. The largest absolute Gasteiger partial charge is 0.307 e. The van der Waals surface area contributed by atoms with Crippen molar-refractivity contribution in [2.24, 2.45) is 0 Å². The summed E-state index contributed by atoms with van der Waals surface area (Å²) in [7, 11) is 2.07. The van der Waals surface area contributed by atoms with E-state index in [2.05, 4.69) is 50.3 Å². The molecule has 1 aliphatic heterocycles. The molecule has 0 amide bonds. The molecule has 0 radical (unpaired) electrons. The fourth-order valence-corrected chi connectivity index (χ4v) is 3.75. The summed E-state index contributed by atoms with van der Waals surface area (Å²) in [4.78, 5) is 7.39. The van der Waals surface area contributed by atoms with Crippen molar-refractivity contribution in [2.75, 3.05) is 20.1 Å². The van der Waals surface area contributed by atoms with Crippen LogP contribution in [0.5, 0.6) is 0 Å². The van der Waals surface area contributed by atoms with Gasteiger partial charge in [0.1, 0.15) is 5.01 Å². The number of likely N-dealkylation sites (tertiary alicyclic amines) is 1. The Morgan fingerprint density at radius 1 is 1.39 bits per heavy atom. The quantitative estimate of drug-likeness (QED) is 0.909. The highest BCUT2D eigenvalue weighted by atomic mass is 32.1. The van der Waals surface area contributed by atoms with E-state index in [1.165, 1.54) is 10.7 Å². The molecule has 1 aliphatic rings. The zero-order valence-corrected chi connectivity index (χ0v) is 13.0. The van der Waals surface area contributed by atoms with Crippen LogP contribution in [0.1, 0.15) is 50.7 Å². The molecule has 1 atom stereocenters. The zero-order chi connectivity index (χ0) is 13.3. The van der Waals surface area contributed by atoms with Crippen molar-refractivity contribution in [3.63, 3.8) is 0 Å². The van der Waals surface area contributed by atoms with Gasteiger partial charge in [-0.3, -0.25) is 4.90 Å². The predicted molar refractivity (Wildman–Crippen MR) is 78.3 cm³/mol. The Balaban J connectivity index is 2.22. The van der Waals surface area contributed by atoms with Crippen molar-refractivity contribution in [2.45, 2.75) is 51.6 Å². The minimum Gasteiger partial charge on any atom is -0.307 e. The van der Waals surface area contributed by atoms with Crippen LogP contribution in [0.2, 0.25) is 0 Å². The van der Waals surface area contributed by atoms with Crippen molar-refractivity contribution in [1.82, 2.24) is 15.2 Å². The van der Waals surface area contributed by atoms with Crippen LogP contribution >= 0.6 is 11.3 Å². The molecule has 1 fully saturated rings. The third-order valence-corrected chi connectivity index (χ3v) is 5.10. The zero-order valence-electron chi connectivity index (χ0n) is 12.2. The van der Waals surface area contributed by atoms with Gasteiger partial charge in [0.05, 0.1) is 11.2 Å². The van der Waals surface area contributed by atoms with Crippen LogP contribution in [0.25, 0.3) is 0 Å². The number of aromatic nitrogens is 1. The minimum absolute atomic E-state index is 0.0715. The van der Waals surface area contributed by atoms with Crippen molar-refractivity contribution in [3.8, 4) is 0 Å². The van der Waals surface area contributed by atoms with Gasteiger partial charge in [0, 0.05) is 24.5 Å². The summed E-state index contributed by atoms with van der Waals surface area (Å²) in [6.45, 7) is 11.2. The Morgan fingerprint density at radius 2 is 2.11 bits per heavy atom. The molecule has 1 aromatic rings. The fourth-order valence-electron chi connectivity index (χ4n) is 2.54. The molecule has 0 bridgehead atoms. The Hall–Kier alpha value is -0.450. The van der Waals surface area contributed by atoms with Gasteiger partial charge in [-0.2, -0.15) is 0 Å². The number of nitrogens with one attached hydrogen (secondary N) is 1. The highest BCUT2D eigenvalue weighted by Gasteiger charge is 2.41. The van der Waals surface area contributed by atoms with E-state index in [4.69, 9.17) is 4.98 Å². The first-order valence-corrected chi connectivity index (χ1v) is 7.75. The Kier molecular flexibility index (Phi) is 4.09. The fraction of sp³-hybridized carbons (Fsp3) is 0.786. The molecular weight excluding hydrogens is 242 g/mol. The average molecular weight is 267 g/mol. The monoisotopic (exact) mass is 267 g/mol. The lowest BCUT2D eigenvalue weighted by molar-refractivity contribution is 0.245. The molecule has 1 saturated heterocycles. The second-order valence-electron chi connectivity index (χ2n) is 5.88. The number of thiazole rings is 1. The molecule has 2 rings (SSSR count). The standard InChI is InChI=1S/C14H25N3S/c1-10(2)12-8-18-13(16-12)14(15-5)6-7-17(9-14)11(3)4/h8,10-11,15H,6-7,9H2,1-5H3. The van der Waals surface area contributed by atoms with E-state index in [0.717, 1.165) is 19.5 Å². The van der Waals surface area contributed by atoms with Gasteiger partial charge in [0.25, 0.3) is 0 Å². The molecule has 18 heavy (non-hydrogen) atoms. The van der Waals surface area contributed by atoms with Crippen molar-refractivity contribution in [1.29, 1.82) is 0 Å². The molecule has 3 nitrogen and oxygen atoms in total. The Labute approximate surface area is 115 Å². The van der Waals surface area contributed by atoms with Gasteiger partial charge < -0.3 is 5.32 Å². The van der Waals surface area contributed by atoms with Crippen molar-refractivity contribution < 1.29 is 0 Å². The second-order valence-corrected chi connectivity index (χ2v) is 6.74. The lowest BCUT2D eigenvalue weighted by Crippen LogP contribution is -2.43. The van der Waals surface area contributed by atoms with Crippen LogP contribution in [0, 0.1) is 0 Å². The van der Waals surface area contributed by atoms with Gasteiger partial charge in [-0.1, -0.05) is 13.8 Å². The lowest BCUT2D eigenvalue weighted by atomic mass is 10.00. The molecule has 0 aromatic carbocycles. The van der Waals surface area contributed by atoms with Crippen LogP contribution in [0.3, 0.4) is 0 Å². The smallest absolute Gasteiger partial charge is 0.114 e.